The molecule has 164 valence electrons. The SMILES string of the molecule is Cc1nn(Cc2ccccc2)c(C)c1C1COCCN1C(=O)COCc1nccn1C. The number of carbonyl (C=O) groups is 1. The lowest BCUT2D eigenvalue weighted by Gasteiger charge is -2.36. The normalized spacial score (nSPS) is 16.6. The molecule has 4 rings (SSSR count). The molecule has 2 aromatic heterocycles. The summed E-state index contributed by atoms with van der Waals surface area (Å²) in [5, 5.41) is 4.76. The molecule has 1 aliphatic heterocycles. The van der Waals surface area contributed by atoms with E-state index >= 15 is 0 Å². The van der Waals surface area contributed by atoms with Gasteiger partial charge in [0.05, 0.1) is 31.5 Å². The molecule has 8 heteroatoms. The zero-order chi connectivity index (χ0) is 21.8. The number of amides is 1. The molecular weight excluding hydrogens is 394 g/mol. The van der Waals surface area contributed by atoms with Gasteiger partial charge in [0.2, 0.25) is 5.91 Å². The summed E-state index contributed by atoms with van der Waals surface area (Å²) in [5.41, 5.74) is 4.24. The summed E-state index contributed by atoms with van der Waals surface area (Å²) in [6, 6.07) is 10.1. The van der Waals surface area contributed by atoms with Crippen molar-refractivity contribution in [2.45, 2.75) is 33.0 Å². The summed E-state index contributed by atoms with van der Waals surface area (Å²) in [5.74, 6) is 0.748. The van der Waals surface area contributed by atoms with Crippen molar-refractivity contribution in [2.75, 3.05) is 26.4 Å². The quantitative estimate of drug-likeness (QED) is 0.583. The van der Waals surface area contributed by atoms with E-state index in [2.05, 4.69) is 24.0 Å². The van der Waals surface area contributed by atoms with Crippen LogP contribution in [-0.2, 0) is 34.5 Å². The van der Waals surface area contributed by atoms with Crippen LogP contribution in [0.25, 0.3) is 0 Å². The van der Waals surface area contributed by atoms with Crippen LogP contribution < -0.4 is 0 Å². The zero-order valence-corrected chi connectivity index (χ0v) is 18.3. The minimum Gasteiger partial charge on any atom is -0.377 e. The molecule has 0 bridgehead atoms. The Morgan fingerprint density at radius 1 is 1.26 bits per heavy atom. The number of imidazole rings is 1. The molecule has 1 amide bonds. The molecule has 1 atom stereocenters. The highest BCUT2D eigenvalue weighted by molar-refractivity contribution is 5.78. The molecule has 0 radical (unpaired) electrons. The highest BCUT2D eigenvalue weighted by Gasteiger charge is 2.32. The van der Waals surface area contributed by atoms with E-state index in [4.69, 9.17) is 14.6 Å². The van der Waals surface area contributed by atoms with Gasteiger partial charge in [0.15, 0.2) is 0 Å². The van der Waals surface area contributed by atoms with Gasteiger partial charge in [-0.1, -0.05) is 30.3 Å². The number of aryl methyl sites for hydroxylation is 2. The van der Waals surface area contributed by atoms with Gasteiger partial charge in [0.1, 0.15) is 19.0 Å². The molecule has 1 aromatic carbocycles. The Morgan fingerprint density at radius 2 is 2.06 bits per heavy atom. The fraction of sp³-hybridized carbons (Fsp3) is 0.435. The van der Waals surface area contributed by atoms with Crippen LogP contribution in [0.4, 0.5) is 0 Å². The molecule has 0 saturated carbocycles. The molecular formula is C23H29N5O3. The number of nitrogens with zero attached hydrogens (tertiary/aromatic N) is 5. The largest absolute Gasteiger partial charge is 0.377 e. The Kier molecular flexibility index (Phi) is 6.48. The first kappa shape index (κ1) is 21.3. The van der Waals surface area contributed by atoms with Crippen LogP contribution in [0.2, 0.25) is 0 Å². The summed E-state index contributed by atoms with van der Waals surface area (Å²) in [4.78, 5) is 19.1. The lowest BCUT2D eigenvalue weighted by Crippen LogP contribution is -2.45. The summed E-state index contributed by atoms with van der Waals surface area (Å²) in [6.45, 7) is 6.60. The van der Waals surface area contributed by atoms with Gasteiger partial charge in [0, 0.05) is 37.2 Å². The molecule has 1 fully saturated rings. The standard InChI is InChI=1S/C23H29N5O3/c1-17-23(18(2)28(25-17)13-19-7-5-4-6-8-19)20-14-30-12-11-27(20)22(29)16-31-15-21-24-9-10-26(21)3/h4-10,20H,11-16H2,1-3H3. The van der Waals surface area contributed by atoms with E-state index < -0.39 is 0 Å². The van der Waals surface area contributed by atoms with E-state index in [0.29, 0.717) is 32.9 Å². The fourth-order valence-corrected chi connectivity index (χ4v) is 4.09. The number of aromatic nitrogens is 4. The maximum absolute atomic E-state index is 13.0. The van der Waals surface area contributed by atoms with Gasteiger partial charge in [-0.05, 0) is 19.4 Å². The number of morpholine rings is 1. The lowest BCUT2D eigenvalue weighted by molar-refractivity contribution is -0.145. The van der Waals surface area contributed by atoms with E-state index in [9.17, 15) is 4.79 Å². The van der Waals surface area contributed by atoms with Crippen LogP contribution in [0.5, 0.6) is 0 Å². The number of hydrogen-bond donors (Lipinski definition) is 0. The van der Waals surface area contributed by atoms with Gasteiger partial charge < -0.3 is 18.9 Å². The second-order valence-corrected chi connectivity index (χ2v) is 7.85. The van der Waals surface area contributed by atoms with Crippen LogP contribution in [-0.4, -0.2) is 56.5 Å². The van der Waals surface area contributed by atoms with E-state index in [1.807, 2.05) is 52.5 Å². The van der Waals surface area contributed by atoms with E-state index in [-0.39, 0.29) is 18.6 Å². The predicted molar refractivity (Wildman–Crippen MR) is 115 cm³/mol. The van der Waals surface area contributed by atoms with Crippen molar-refractivity contribution in [1.29, 1.82) is 0 Å². The first-order valence-corrected chi connectivity index (χ1v) is 10.5. The fourth-order valence-electron chi connectivity index (χ4n) is 4.09. The molecule has 0 aliphatic carbocycles. The Morgan fingerprint density at radius 3 is 2.81 bits per heavy atom. The monoisotopic (exact) mass is 423 g/mol. The minimum atomic E-state index is -0.164. The first-order chi connectivity index (χ1) is 15.0. The summed E-state index contributed by atoms with van der Waals surface area (Å²) in [7, 11) is 1.91. The number of benzene rings is 1. The highest BCUT2D eigenvalue weighted by atomic mass is 16.5. The summed E-state index contributed by atoms with van der Waals surface area (Å²) < 4.78 is 15.3. The third-order valence-electron chi connectivity index (χ3n) is 5.77. The summed E-state index contributed by atoms with van der Waals surface area (Å²) in [6.07, 6.45) is 3.58. The number of hydrogen-bond acceptors (Lipinski definition) is 5. The van der Waals surface area contributed by atoms with E-state index in [1.54, 1.807) is 6.20 Å². The van der Waals surface area contributed by atoms with Crippen molar-refractivity contribution in [1.82, 2.24) is 24.2 Å². The number of carbonyl (C=O) groups excluding carboxylic acids is 1. The number of ether oxygens (including phenoxy) is 2. The minimum absolute atomic E-state index is 0.0135. The average molecular weight is 424 g/mol. The van der Waals surface area contributed by atoms with Crippen molar-refractivity contribution < 1.29 is 14.3 Å². The zero-order valence-electron chi connectivity index (χ0n) is 18.3. The van der Waals surface area contributed by atoms with E-state index in [1.165, 1.54) is 5.56 Å². The Balaban J connectivity index is 1.48. The molecule has 8 nitrogen and oxygen atoms in total. The third-order valence-corrected chi connectivity index (χ3v) is 5.77. The molecule has 3 heterocycles. The van der Waals surface area contributed by atoms with Crippen LogP contribution in [0, 0.1) is 13.8 Å². The van der Waals surface area contributed by atoms with Gasteiger partial charge in [-0.3, -0.25) is 9.48 Å². The predicted octanol–water partition coefficient (Wildman–Crippen LogP) is 2.40. The Bertz CT molecular complexity index is 1030. The molecule has 1 unspecified atom stereocenters. The van der Waals surface area contributed by atoms with Crippen molar-refractivity contribution >= 4 is 5.91 Å². The van der Waals surface area contributed by atoms with Gasteiger partial charge >= 0.3 is 0 Å². The van der Waals surface area contributed by atoms with Gasteiger partial charge in [-0.15, -0.1) is 0 Å². The van der Waals surface area contributed by atoms with Gasteiger partial charge in [0.25, 0.3) is 0 Å². The summed E-state index contributed by atoms with van der Waals surface area (Å²) >= 11 is 0. The van der Waals surface area contributed by atoms with Crippen LogP contribution in [0.3, 0.4) is 0 Å². The Hall–Kier alpha value is -2.97. The molecule has 0 N–H and O–H groups in total. The second kappa shape index (κ2) is 9.45. The van der Waals surface area contributed by atoms with Crippen molar-refractivity contribution in [3.63, 3.8) is 0 Å². The second-order valence-electron chi connectivity index (χ2n) is 7.85. The van der Waals surface area contributed by atoms with Gasteiger partial charge in [-0.2, -0.15) is 5.10 Å². The first-order valence-electron chi connectivity index (χ1n) is 10.5. The Labute approximate surface area is 182 Å². The number of rotatable bonds is 7. The molecule has 3 aromatic rings. The van der Waals surface area contributed by atoms with E-state index in [0.717, 1.165) is 22.8 Å². The maximum atomic E-state index is 13.0. The third kappa shape index (κ3) is 4.70. The van der Waals surface area contributed by atoms with Crippen LogP contribution >= 0.6 is 0 Å². The molecule has 1 aliphatic rings. The van der Waals surface area contributed by atoms with Gasteiger partial charge in [-0.25, -0.2) is 4.98 Å². The topological polar surface area (TPSA) is 74.4 Å². The highest BCUT2D eigenvalue weighted by Crippen LogP contribution is 2.30. The smallest absolute Gasteiger partial charge is 0.249 e. The van der Waals surface area contributed by atoms with Crippen LogP contribution in [0.15, 0.2) is 42.7 Å². The molecule has 1 saturated heterocycles. The molecule has 0 spiro atoms. The average Bonchev–Trinajstić information content (AvgIpc) is 3.30. The van der Waals surface area contributed by atoms with Crippen molar-refractivity contribution in [3.8, 4) is 0 Å². The van der Waals surface area contributed by atoms with Crippen molar-refractivity contribution in [3.05, 3.63) is 71.1 Å². The lowest BCUT2D eigenvalue weighted by atomic mass is 10.0. The van der Waals surface area contributed by atoms with Crippen LogP contribution in [0.1, 0.15) is 34.4 Å². The molecule has 31 heavy (non-hydrogen) atoms. The maximum Gasteiger partial charge on any atom is 0.249 e. The van der Waals surface area contributed by atoms with Crippen molar-refractivity contribution in [2.24, 2.45) is 7.05 Å².